The van der Waals surface area contributed by atoms with Crippen molar-refractivity contribution in [1.82, 2.24) is 4.57 Å². The predicted molar refractivity (Wildman–Crippen MR) is 82.3 cm³/mol. The fraction of sp³-hybridized carbons (Fsp3) is 0.231. The number of nitrogens with one attached hydrogen (secondary N) is 1. The van der Waals surface area contributed by atoms with E-state index >= 15 is 0 Å². The summed E-state index contributed by atoms with van der Waals surface area (Å²) in [6.45, 7) is 0.299. The summed E-state index contributed by atoms with van der Waals surface area (Å²) >= 11 is 1.49. The molecule has 1 heterocycles. The molecule has 0 unspecified atom stereocenters. The standard InChI is InChI=1S/C13H17N3O2S2/c1-16-9-11(7-10(16)8-14)20(17,18)15-12-5-3-4-6-13(12)19-2/h3-7,9,15H,8,14H2,1-2H3. The van der Waals surface area contributed by atoms with Crippen molar-refractivity contribution in [2.75, 3.05) is 11.0 Å². The molecule has 0 aliphatic carbocycles. The lowest BCUT2D eigenvalue weighted by molar-refractivity contribution is 0.601. The Morgan fingerprint density at radius 2 is 2.05 bits per heavy atom. The lowest BCUT2D eigenvalue weighted by atomic mass is 10.3. The highest BCUT2D eigenvalue weighted by molar-refractivity contribution is 7.99. The first-order valence-corrected chi connectivity index (χ1v) is 8.70. The highest BCUT2D eigenvalue weighted by Crippen LogP contribution is 2.27. The smallest absolute Gasteiger partial charge is 0.263 e. The number of thioether (sulfide) groups is 1. The summed E-state index contributed by atoms with van der Waals surface area (Å²) in [7, 11) is -1.82. The molecule has 0 aliphatic rings. The molecular weight excluding hydrogens is 294 g/mol. The molecular formula is C13H17N3O2S2. The van der Waals surface area contributed by atoms with Gasteiger partial charge in [0.25, 0.3) is 10.0 Å². The normalized spacial score (nSPS) is 11.6. The molecule has 0 amide bonds. The summed E-state index contributed by atoms with van der Waals surface area (Å²) in [6, 6.07) is 8.88. The molecule has 0 aliphatic heterocycles. The van der Waals surface area contributed by atoms with Crippen LogP contribution in [0.4, 0.5) is 5.69 Å². The van der Waals surface area contributed by atoms with Crippen LogP contribution in [-0.2, 0) is 23.6 Å². The molecule has 1 aromatic carbocycles. The Morgan fingerprint density at radius 1 is 1.35 bits per heavy atom. The predicted octanol–water partition coefficient (Wildman–Crippen LogP) is 2.01. The maximum Gasteiger partial charge on any atom is 0.263 e. The summed E-state index contributed by atoms with van der Waals surface area (Å²) in [5, 5.41) is 0. The van der Waals surface area contributed by atoms with E-state index < -0.39 is 10.0 Å². The van der Waals surface area contributed by atoms with Crippen molar-refractivity contribution in [1.29, 1.82) is 0 Å². The van der Waals surface area contributed by atoms with Gasteiger partial charge in [0.2, 0.25) is 0 Å². The molecule has 0 atom stereocenters. The Labute approximate surface area is 123 Å². The number of sulfonamides is 1. The number of rotatable bonds is 5. The molecule has 1 aromatic heterocycles. The van der Waals surface area contributed by atoms with Crippen LogP contribution < -0.4 is 10.5 Å². The van der Waals surface area contributed by atoms with Crippen LogP contribution in [0.2, 0.25) is 0 Å². The third-order valence-corrected chi connectivity index (χ3v) is 5.08. The van der Waals surface area contributed by atoms with Gasteiger partial charge < -0.3 is 10.3 Å². The van der Waals surface area contributed by atoms with E-state index in [1.165, 1.54) is 11.8 Å². The zero-order valence-electron chi connectivity index (χ0n) is 11.3. The van der Waals surface area contributed by atoms with Gasteiger partial charge in [-0.2, -0.15) is 0 Å². The Morgan fingerprint density at radius 3 is 2.65 bits per heavy atom. The topological polar surface area (TPSA) is 77.1 Å². The van der Waals surface area contributed by atoms with Crippen molar-refractivity contribution in [3.05, 3.63) is 42.2 Å². The van der Waals surface area contributed by atoms with E-state index in [1.54, 1.807) is 36.0 Å². The van der Waals surface area contributed by atoms with Gasteiger partial charge in [0, 0.05) is 30.4 Å². The van der Waals surface area contributed by atoms with Crippen molar-refractivity contribution in [3.63, 3.8) is 0 Å². The molecule has 0 saturated carbocycles. The quantitative estimate of drug-likeness (QED) is 0.828. The van der Waals surface area contributed by atoms with Gasteiger partial charge in [0.15, 0.2) is 0 Å². The van der Waals surface area contributed by atoms with E-state index in [1.807, 2.05) is 18.4 Å². The minimum atomic E-state index is -3.60. The Kier molecular flexibility index (Phi) is 4.42. The number of nitrogens with two attached hydrogens (primary N) is 1. The lowest BCUT2D eigenvalue weighted by Crippen LogP contribution is -2.12. The molecule has 3 N–H and O–H groups in total. The number of nitrogens with zero attached hydrogens (tertiary/aromatic N) is 1. The average Bonchev–Trinajstić information content (AvgIpc) is 2.81. The monoisotopic (exact) mass is 311 g/mol. The Bertz CT molecular complexity index is 708. The maximum atomic E-state index is 12.4. The van der Waals surface area contributed by atoms with Crippen LogP contribution >= 0.6 is 11.8 Å². The number of anilines is 1. The third kappa shape index (κ3) is 3.00. The van der Waals surface area contributed by atoms with Crippen molar-refractivity contribution >= 4 is 27.5 Å². The molecule has 7 heteroatoms. The Balaban J connectivity index is 2.35. The first-order chi connectivity index (χ1) is 9.47. The van der Waals surface area contributed by atoms with Crippen LogP contribution in [0.25, 0.3) is 0 Å². The van der Waals surface area contributed by atoms with Crippen molar-refractivity contribution in [3.8, 4) is 0 Å². The van der Waals surface area contributed by atoms with Gasteiger partial charge >= 0.3 is 0 Å². The van der Waals surface area contributed by atoms with Crippen LogP contribution in [0, 0.1) is 0 Å². The van der Waals surface area contributed by atoms with Crippen LogP contribution in [0.5, 0.6) is 0 Å². The summed E-state index contributed by atoms with van der Waals surface area (Å²) < 4.78 is 29.1. The van der Waals surface area contributed by atoms with Gasteiger partial charge in [0.1, 0.15) is 4.90 Å². The van der Waals surface area contributed by atoms with Gasteiger partial charge in [-0.25, -0.2) is 8.42 Å². The van der Waals surface area contributed by atoms with Gasteiger partial charge in [-0.1, -0.05) is 12.1 Å². The summed E-state index contributed by atoms with van der Waals surface area (Å²) in [5.41, 5.74) is 6.91. The number of hydrogen-bond donors (Lipinski definition) is 2. The number of benzene rings is 1. The first kappa shape index (κ1) is 15.0. The van der Waals surface area contributed by atoms with E-state index in [-0.39, 0.29) is 4.90 Å². The van der Waals surface area contributed by atoms with Crippen molar-refractivity contribution < 1.29 is 8.42 Å². The second kappa shape index (κ2) is 5.90. The molecule has 20 heavy (non-hydrogen) atoms. The molecule has 5 nitrogen and oxygen atoms in total. The van der Waals surface area contributed by atoms with E-state index in [0.29, 0.717) is 12.2 Å². The van der Waals surface area contributed by atoms with E-state index in [0.717, 1.165) is 10.6 Å². The molecule has 0 spiro atoms. The summed E-state index contributed by atoms with van der Waals surface area (Å²) in [6.07, 6.45) is 3.47. The summed E-state index contributed by atoms with van der Waals surface area (Å²) in [4.78, 5) is 1.10. The average molecular weight is 311 g/mol. The fourth-order valence-corrected chi connectivity index (χ4v) is 3.65. The van der Waals surface area contributed by atoms with Gasteiger partial charge in [-0.3, -0.25) is 4.72 Å². The fourth-order valence-electron chi connectivity index (χ4n) is 1.86. The second-order valence-corrected chi connectivity index (χ2v) is 6.82. The molecule has 108 valence electrons. The second-order valence-electron chi connectivity index (χ2n) is 4.29. The molecule has 2 aromatic rings. The van der Waals surface area contributed by atoms with Crippen molar-refractivity contribution in [2.45, 2.75) is 16.3 Å². The first-order valence-electron chi connectivity index (χ1n) is 5.99. The number of hydrogen-bond acceptors (Lipinski definition) is 4. The maximum absolute atomic E-state index is 12.4. The minimum Gasteiger partial charge on any atom is -0.352 e. The van der Waals surface area contributed by atoms with Crippen LogP contribution in [0.3, 0.4) is 0 Å². The molecule has 0 saturated heterocycles. The summed E-state index contributed by atoms with van der Waals surface area (Å²) in [5.74, 6) is 0. The van der Waals surface area contributed by atoms with Crippen LogP contribution in [-0.4, -0.2) is 19.2 Å². The minimum absolute atomic E-state index is 0.219. The molecule has 0 bridgehead atoms. The zero-order valence-corrected chi connectivity index (χ0v) is 13.0. The molecule has 2 rings (SSSR count). The third-order valence-electron chi connectivity index (χ3n) is 2.95. The van der Waals surface area contributed by atoms with E-state index in [4.69, 9.17) is 5.73 Å². The number of para-hydroxylation sites is 1. The number of aromatic nitrogens is 1. The SMILES string of the molecule is CSc1ccccc1NS(=O)(=O)c1cc(CN)n(C)c1. The highest BCUT2D eigenvalue weighted by Gasteiger charge is 2.18. The van der Waals surface area contributed by atoms with Gasteiger partial charge in [-0.05, 0) is 24.5 Å². The molecule has 0 radical (unpaired) electrons. The largest absolute Gasteiger partial charge is 0.352 e. The molecule has 0 fully saturated rings. The van der Waals surface area contributed by atoms with Gasteiger partial charge in [-0.15, -0.1) is 11.8 Å². The van der Waals surface area contributed by atoms with Crippen molar-refractivity contribution in [2.24, 2.45) is 12.8 Å². The van der Waals surface area contributed by atoms with E-state index in [2.05, 4.69) is 4.72 Å². The Hall–Kier alpha value is -1.44. The highest BCUT2D eigenvalue weighted by atomic mass is 32.2. The zero-order chi connectivity index (χ0) is 14.8. The van der Waals surface area contributed by atoms with E-state index in [9.17, 15) is 8.42 Å². The van der Waals surface area contributed by atoms with Crippen LogP contribution in [0.1, 0.15) is 5.69 Å². The number of aryl methyl sites for hydroxylation is 1. The van der Waals surface area contributed by atoms with Gasteiger partial charge in [0.05, 0.1) is 5.69 Å². The van der Waals surface area contributed by atoms with Crippen LogP contribution in [0.15, 0.2) is 46.3 Å². The lowest BCUT2D eigenvalue weighted by Gasteiger charge is -2.09.